The number of rotatable bonds is 3. The van der Waals surface area contributed by atoms with Crippen LogP contribution in [0.15, 0.2) is 36.5 Å². The van der Waals surface area contributed by atoms with Crippen LogP contribution in [-0.2, 0) is 13.6 Å². The van der Waals surface area contributed by atoms with E-state index in [4.69, 9.17) is 14.7 Å². The van der Waals surface area contributed by atoms with Crippen molar-refractivity contribution in [3.05, 3.63) is 47.8 Å². The molecule has 2 fully saturated rings. The zero-order valence-corrected chi connectivity index (χ0v) is 21.9. The molecule has 3 aliphatic rings. The van der Waals surface area contributed by atoms with E-state index in [0.717, 1.165) is 47.4 Å². The van der Waals surface area contributed by atoms with Crippen molar-refractivity contribution in [1.82, 2.24) is 24.3 Å². The summed E-state index contributed by atoms with van der Waals surface area (Å²) >= 11 is 0. The Morgan fingerprint density at radius 3 is 2.74 bits per heavy atom. The maximum Gasteiger partial charge on any atom is 0.258 e. The number of carbonyl (C=O) groups excluding carboxylic acids is 1. The first kappa shape index (κ1) is 23.3. The number of hydrogen-bond acceptors (Lipinski definition) is 6. The highest BCUT2D eigenvalue weighted by Crippen LogP contribution is 2.41. The minimum Gasteiger partial charge on any atom is -0.477 e. The van der Waals surface area contributed by atoms with E-state index in [0.29, 0.717) is 47.6 Å². The average Bonchev–Trinajstić information content (AvgIpc) is 3.82. The van der Waals surface area contributed by atoms with Crippen LogP contribution in [0.5, 0.6) is 5.88 Å². The van der Waals surface area contributed by atoms with Gasteiger partial charge in [0.15, 0.2) is 0 Å². The molecule has 38 heavy (non-hydrogen) atoms. The lowest BCUT2D eigenvalue weighted by atomic mass is 9.97. The average molecular weight is 512 g/mol. The quantitative estimate of drug-likeness (QED) is 0.394. The zero-order valence-electron chi connectivity index (χ0n) is 21.9. The Morgan fingerprint density at radius 2 is 1.92 bits per heavy atom. The maximum absolute atomic E-state index is 13.6. The summed E-state index contributed by atoms with van der Waals surface area (Å²) in [5.74, 6) is 2.28. The number of nitrogens with one attached hydrogen (secondary N) is 2. The third-order valence-electron chi connectivity index (χ3n) is 7.96. The third kappa shape index (κ3) is 4.50. The molecule has 4 heterocycles. The highest BCUT2D eigenvalue weighted by Gasteiger charge is 2.32. The van der Waals surface area contributed by atoms with Gasteiger partial charge in [0.05, 0.1) is 35.1 Å². The minimum atomic E-state index is -0.200. The van der Waals surface area contributed by atoms with Crippen LogP contribution in [0, 0.1) is 18.8 Å². The Hall–Kier alpha value is -3.88. The van der Waals surface area contributed by atoms with E-state index in [2.05, 4.69) is 38.5 Å². The number of benzene rings is 1. The third-order valence-corrected chi connectivity index (χ3v) is 7.96. The molecule has 1 aliphatic heterocycles. The molecular formula is C29H33N7O2. The zero-order chi connectivity index (χ0) is 25.8. The number of hydrogen-bond donors (Lipinski definition) is 2. The number of aryl methyl sites for hydroxylation is 2. The number of aromatic nitrogens is 5. The molecule has 2 aliphatic carbocycles. The van der Waals surface area contributed by atoms with Crippen LogP contribution < -0.4 is 15.4 Å². The van der Waals surface area contributed by atoms with E-state index in [-0.39, 0.29) is 5.91 Å². The number of carbonyl (C=O) groups is 1. The Morgan fingerprint density at radius 1 is 1.05 bits per heavy atom. The first-order valence-corrected chi connectivity index (χ1v) is 13.7. The van der Waals surface area contributed by atoms with E-state index >= 15 is 0 Å². The van der Waals surface area contributed by atoms with Gasteiger partial charge in [-0.1, -0.05) is 0 Å². The van der Waals surface area contributed by atoms with Gasteiger partial charge in [-0.2, -0.15) is 5.10 Å². The Labute approximate surface area is 221 Å². The molecule has 9 heteroatoms. The fourth-order valence-corrected chi connectivity index (χ4v) is 5.64. The summed E-state index contributed by atoms with van der Waals surface area (Å²) in [6.07, 6.45) is 8.72. The van der Waals surface area contributed by atoms with Gasteiger partial charge in [0.25, 0.3) is 5.91 Å². The largest absolute Gasteiger partial charge is 0.477 e. The first-order valence-electron chi connectivity index (χ1n) is 13.7. The first-order chi connectivity index (χ1) is 18.5. The minimum absolute atomic E-state index is 0.200. The van der Waals surface area contributed by atoms with Crippen molar-refractivity contribution in [3.63, 3.8) is 0 Å². The van der Waals surface area contributed by atoms with E-state index in [1.54, 1.807) is 10.9 Å². The molecule has 7 rings (SSSR count). The van der Waals surface area contributed by atoms with Crippen LogP contribution in [0.1, 0.15) is 54.6 Å². The Kier molecular flexibility index (Phi) is 5.60. The normalized spacial score (nSPS) is 20.1. The highest BCUT2D eigenvalue weighted by molar-refractivity contribution is 6.05. The number of amides is 1. The summed E-state index contributed by atoms with van der Waals surface area (Å²) in [7, 11) is 1.87. The van der Waals surface area contributed by atoms with Gasteiger partial charge in [-0.15, -0.1) is 0 Å². The number of anilines is 2. The van der Waals surface area contributed by atoms with Crippen molar-refractivity contribution in [3.8, 4) is 17.1 Å². The monoisotopic (exact) mass is 511 g/mol. The molecule has 1 amide bonds. The molecule has 9 nitrogen and oxygen atoms in total. The predicted octanol–water partition coefficient (Wildman–Crippen LogP) is 5.17. The van der Waals surface area contributed by atoms with Gasteiger partial charge in [-0.05, 0) is 87.6 Å². The molecule has 1 aromatic carbocycles. The molecule has 0 spiro atoms. The van der Waals surface area contributed by atoms with Crippen LogP contribution in [0.3, 0.4) is 0 Å². The van der Waals surface area contributed by atoms with Crippen molar-refractivity contribution >= 4 is 28.6 Å². The SMILES string of the molecule is Cc1cc2cc(n1)-c1cnn(C)c1OCCC[C@@H](C1CC1)Cn1c(nc3cc(NC4CC4)ccc31)NC2=O. The fourth-order valence-electron chi connectivity index (χ4n) is 5.64. The van der Waals surface area contributed by atoms with Crippen LogP contribution in [-0.4, -0.2) is 42.9 Å². The molecule has 1 atom stereocenters. The molecule has 2 saturated carbocycles. The van der Waals surface area contributed by atoms with Gasteiger partial charge < -0.3 is 14.6 Å². The standard InChI is InChI=1S/C29H33N7O2/c1-17-12-20-13-24(31-17)23-15-30-35(2)28(23)38-11-3-4-19(18-5-6-18)16-36-26-10-9-22(32-21-7-8-21)14-25(26)33-29(36)34-27(20)37/h9-10,12-15,18-19,21,32H,3-8,11,16H2,1-2H3,(H,33,34,37)/t19-/m1/s1. The molecule has 0 saturated heterocycles. The Balaban J connectivity index is 1.31. The molecule has 4 aromatic rings. The number of pyridine rings is 1. The molecular weight excluding hydrogens is 478 g/mol. The van der Waals surface area contributed by atoms with Gasteiger partial charge in [0.1, 0.15) is 0 Å². The number of imidazole rings is 1. The second-order valence-corrected chi connectivity index (χ2v) is 11.1. The smallest absolute Gasteiger partial charge is 0.258 e. The topological polar surface area (TPSA) is 98.9 Å². The van der Waals surface area contributed by atoms with Crippen LogP contribution >= 0.6 is 0 Å². The van der Waals surface area contributed by atoms with E-state index in [1.165, 1.54) is 25.7 Å². The Bertz CT molecular complexity index is 1530. The van der Waals surface area contributed by atoms with Crippen molar-refractivity contribution in [2.75, 3.05) is 17.2 Å². The second-order valence-electron chi connectivity index (χ2n) is 11.1. The van der Waals surface area contributed by atoms with E-state index in [9.17, 15) is 4.79 Å². The molecule has 2 N–H and O–H groups in total. The molecule has 0 unspecified atom stereocenters. The number of fused-ring (bicyclic) bond motifs is 7. The van der Waals surface area contributed by atoms with E-state index < -0.39 is 0 Å². The molecule has 2 bridgehead atoms. The van der Waals surface area contributed by atoms with Gasteiger partial charge >= 0.3 is 0 Å². The lowest BCUT2D eigenvalue weighted by Crippen LogP contribution is -2.20. The summed E-state index contributed by atoms with van der Waals surface area (Å²) in [6, 6.07) is 10.6. The van der Waals surface area contributed by atoms with E-state index in [1.807, 2.05) is 26.1 Å². The van der Waals surface area contributed by atoms with Gasteiger partial charge in [-0.25, -0.2) is 9.67 Å². The predicted molar refractivity (Wildman–Crippen MR) is 146 cm³/mol. The van der Waals surface area contributed by atoms with Crippen molar-refractivity contribution in [2.45, 2.75) is 58.0 Å². The maximum atomic E-state index is 13.6. The van der Waals surface area contributed by atoms with Crippen molar-refractivity contribution < 1.29 is 9.53 Å². The van der Waals surface area contributed by atoms with Gasteiger partial charge in [0.2, 0.25) is 11.8 Å². The summed E-state index contributed by atoms with van der Waals surface area (Å²) < 4.78 is 10.2. The van der Waals surface area contributed by atoms with Crippen LogP contribution in [0.25, 0.3) is 22.3 Å². The summed E-state index contributed by atoms with van der Waals surface area (Å²) in [6.45, 7) is 3.33. The molecule has 196 valence electrons. The lowest BCUT2D eigenvalue weighted by Gasteiger charge is -2.19. The fraction of sp³-hybridized carbons (Fsp3) is 0.448. The second kappa shape index (κ2) is 9.15. The molecule has 3 aromatic heterocycles. The summed E-state index contributed by atoms with van der Waals surface area (Å²) in [4.78, 5) is 23.3. The molecule has 0 radical (unpaired) electrons. The number of nitrogens with zero attached hydrogens (tertiary/aromatic N) is 5. The summed E-state index contributed by atoms with van der Waals surface area (Å²) in [5.41, 5.74) is 5.79. The summed E-state index contributed by atoms with van der Waals surface area (Å²) in [5, 5.41) is 11.1. The lowest BCUT2D eigenvalue weighted by molar-refractivity contribution is 0.102. The number of ether oxygens (including phenoxy) is 1. The van der Waals surface area contributed by atoms with Crippen molar-refractivity contribution in [1.29, 1.82) is 0 Å². The van der Waals surface area contributed by atoms with Gasteiger partial charge in [-0.3, -0.25) is 15.1 Å². The van der Waals surface area contributed by atoms with Crippen molar-refractivity contribution in [2.24, 2.45) is 18.9 Å². The van der Waals surface area contributed by atoms with Crippen LogP contribution in [0.4, 0.5) is 11.6 Å². The highest BCUT2D eigenvalue weighted by atomic mass is 16.5. The van der Waals surface area contributed by atoms with Gasteiger partial charge in [0, 0.05) is 36.6 Å². The van der Waals surface area contributed by atoms with Crippen LogP contribution in [0.2, 0.25) is 0 Å².